The molecule has 0 aliphatic heterocycles. The van der Waals surface area contributed by atoms with Crippen molar-refractivity contribution >= 4 is 11.3 Å². The summed E-state index contributed by atoms with van der Waals surface area (Å²) in [4.78, 5) is 4.62. The fourth-order valence-electron chi connectivity index (χ4n) is 3.56. The van der Waals surface area contributed by atoms with E-state index >= 15 is 0 Å². The van der Waals surface area contributed by atoms with Crippen LogP contribution < -0.4 is 5.32 Å². The Kier molecular flexibility index (Phi) is 2.99. The van der Waals surface area contributed by atoms with Gasteiger partial charge in [0.05, 0.1) is 5.54 Å². The maximum absolute atomic E-state index is 4.62. The molecule has 1 aromatic rings. The molecule has 17 heavy (non-hydrogen) atoms. The Morgan fingerprint density at radius 1 is 1.29 bits per heavy atom. The molecule has 2 unspecified atom stereocenters. The minimum Gasteiger partial charge on any atom is -0.303 e. The number of nitrogens with one attached hydrogen (secondary N) is 1. The van der Waals surface area contributed by atoms with Crippen molar-refractivity contribution in [2.75, 3.05) is 0 Å². The molecular formula is C14H22N2S. The van der Waals surface area contributed by atoms with Gasteiger partial charge >= 0.3 is 0 Å². The van der Waals surface area contributed by atoms with E-state index in [1.165, 1.54) is 37.1 Å². The lowest BCUT2D eigenvalue weighted by atomic mass is 9.72. The van der Waals surface area contributed by atoms with Gasteiger partial charge in [0.15, 0.2) is 0 Å². The number of nitrogens with zero attached hydrogens (tertiary/aromatic N) is 1. The molecule has 0 spiro atoms. The molecule has 2 fully saturated rings. The Bertz CT molecular complexity index is 354. The van der Waals surface area contributed by atoms with E-state index in [0.29, 0.717) is 0 Å². The van der Waals surface area contributed by atoms with E-state index in [9.17, 15) is 0 Å². The predicted octanol–water partition coefficient (Wildman–Crippen LogP) is 3.55. The summed E-state index contributed by atoms with van der Waals surface area (Å²) >= 11 is 1.83. The Labute approximate surface area is 108 Å². The van der Waals surface area contributed by atoms with Crippen LogP contribution in [0.4, 0.5) is 0 Å². The average molecular weight is 250 g/mol. The molecular weight excluding hydrogens is 228 g/mol. The molecule has 0 amide bonds. The van der Waals surface area contributed by atoms with Gasteiger partial charge in [-0.2, -0.15) is 0 Å². The van der Waals surface area contributed by atoms with E-state index in [1.807, 2.05) is 17.5 Å². The van der Waals surface area contributed by atoms with Crippen molar-refractivity contribution in [1.82, 2.24) is 10.3 Å². The highest BCUT2D eigenvalue weighted by Crippen LogP contribution is 2.45. The maximum atomic E-state index is 4.62. The summed E-state index contributed by atoms with van der Waals surface area (Å²) in [6.45, 7) is 4.79. The highest BCUT2D eigenvalue weighted by molar-refractivity contribution is 7.09. The molecule has 94 valence electrons. The minimum absolute atomic E-state index is 0.187. The van der Waals surface area contributed by atoms with E-state index in [4.69, 9.17) is 0 Å². The smallest absolute Gasteiger partial charge is 0.113 e. The third-order valence-electron chi connectivity index (χ3n) is 4.10. The monoisotopic (exact) mass is 250 g/mol. The van der Waals surface area contributed by atoms with Crippen molar-refractivity contribution in [2.45, 2.75) is 57.5 Å². The van der Waals surface area contributed by atoms with Crippen LogP contribution in [-0.2, 0) is 5.54 Å². The van der Waals surface area contributed by atoms with E-state index in [0.717, 1.165) is 17.9 Å². The zero-order valence-electron chi connectivity index (χ0n) is 10.8. The SMILES string of the molecule is CC1CC(C)CC(NC2CC2)(c2nccs2)C1. The molecule has 0 aromatic carbocycles. The lowest BCUT2D eigenvalue weighted by Gasteiger charge is -2.42. The van der Waals surface area contributed by atoms with Gasteiger partial charge in [0.2, 0.25) is 0 Å². The van der Waals surface area contributed by atoms with E-state index in [1.54, 1.807) is 0 Å². The second-order valence-corrected chi connectivity index (χ2v) is 7.09. The fraction of sp³-hybridized carbons (Fsp3) is 0.786. The Balaban J connectivity index is 1.89. The summed E-state index contributed by atoms with van der Waals surface area (Å²) in [5, 5.41) is 7.36. The first-order valence-electron chi connectivity index (χ1n) is 6.85. The van der Waals surface area contributed by atoms with Crippen LogP contribution >= 0.6 is 11.3 Å². The number of hydrogen-bond acceptors (Lipinski definition) is 3. The molecule has 2 aliphatic rings. The van der Waals surface area contributed by atoms with Crippen molar-refractivity contribution in [1.29, 1.82) is 0 Å². The van der Waals surface area contributed by atoms with Crippen LogP contribution in [0, 0.1) is 11.8 Å². The Morgan fingerprint density at radius 2 is 2.00 bits per heavy atom. The zero-order valence-corrected chi connectivity index (χ0v) is 11.6. The van der Waals surface area contributed by atoms with Crippen LogP contribution in [0.3, 0.4) is 0 Å². The predicted molar refractivity (Wildman–Crippen MR) is 72.1 cm³/mol. The second-order valence-electron chi connectivity index (χ2n) is 6.19. The lowest BCUT2D eigenvalue weighted by molar-refractivity contribution is 0.141. The third kappa shape index (κ3) is 2.41. The molecule has 1 heterocycles. The van der Waals surface area contributed by atoms with Gasteiger partial charge in [0.25, 0.3) is 0 Å². The second kappa shape index (κ2) is 4.36. The van der Waals surface area contributed by atoms with Gasteiger partial charge in [-0.25, -0.2) is 4.98 Å². The van der Waals surface area contributed by atoms with E-state index < -0.39 is 0 Å². The Morgan fingerprint density at radius 3 is 2.53 bits per heavy atom. The van der Waals surface area contributed by atoms with Crippen molar-refractivity contribution in [3.8, 4) is 0 Å². The summed E-state index contributed by atoms with van der Waals surface area (Å²) in [6.07, 6.45) is 8.58. The molecule has 0 bridgehead atoms. The van der Waals surface area contributed by atoms with Gasteiger partial charge in [-0.15, -0.1) is 11.3 Å². The number of aromatic nitrogens is 1. The largest absolute Gasteiger partial charge is 0.303 e. The first-order chi connectivity index (χ1) is 8.18. The first-order valence-corrected chi connectivity index (χ1v) is 7.73. The van der Waals surface area contributed by atoms with E-state index in [2.05, 4.69) is 29.5 Å². The van der Waals surface area contributed by atoms with Crippen LogP contribution in [0.5, 0.6) is 0 Å². The zero-order chi connectivity index (χ0) is 11.9. The average Bonchev–Trinajstić information content (AvgIpc) is 2.89. The molecule has 3 heteroatoms. The van der Waals surface area contributed by atoms with Crippen LogP contribution in [0.2, 0.25) is 0 Å². The Hall–Kier alpha value is -0.410. The first kappa shape index (κ1) is 11.7. The lowest BCUT2D eigenvalue weighted by Crippen LogP contribution is -2.48. The van der Waals surface area contributed by atoms with Gasteiger partial charge < -0.3 is 5.32 Å². The van der Waals surface area contributed by atoms with Gasteiger partial charge in [-0.05, 0) is 43.9 Å². The maximum Gasteiger partial charge on any atom is 0.113 e. The van der Waals surface area contributed by atoms with Gasteiger partial charge in [0.1, 0.15) is 5.01 Å². The number of hydrogen-bond donors (Lipinski definition) is 1. The van der Waals surface area contributed by atoms with Crippen LogP contribution in [0.1, 0.15) is 51.0 Å². The van der Waals surface area contributed by atoms with Crippen molar-refractivity contribution in [3.05, 3.63) is 16.6 Å². The van der Waals surface area contributed by atoms with Crippen LogP contribution in [0.25, 0.3) is 0 Å². The summed E-state index contributed by atoms with van der Waals surface area (Å²) in [5.41, 5.74) is 0.187. The quantitative estimate of drug-likeness (QED) is 0.887. The molecule has 1 N–H and O–H groups in total. The molecule has 2 atom stereocenters. The number of rotatable bonds is 3. The topological polar surface area (TPSA) is 24.9 Å². The molecule has 0 radical (unpaired) electrons. The minimum atomic E-state index is 0.187. The third-order valence-corrected chi connectivity index (χ3v) is 5.08. The van der Waals surface area contributed by atoms with Crippen molar-refractivity contribution in [3.63, 3.8) is 0 Å². The van der Waals surface area contributed by atoms with Crippen LogP contribution in [-0.4, -0.2) is 11.0 Å². The molecule has 0 saturated heterocycles. The fourth-order valence-corrected chi connectivity index (χ4v) is 4.38. The molecule has 2 aliphatic carbocycles. The molecule has 1 aromatic heterocycles. The molecule has 3 rings (SSSR count). The molecule has 2 saturated carbocycles. The highest BCUT2D eigenvalue weighted by atomic mass is 32.1. The standard InChI is InChI=1S/C14H22N2S/c1-10-7-11(2)9-14(8-10,16-12-3-4-12)13-15-5-6-17-13/h5-6,10-12,16H,3-4,7-9H2,1-2H3. The van der Waals surface area contributed by atoms with E-state index in [-0.39, 0.29) is 5.54 Å². The van der Waals surface area contributed by atoms with Crippen molar-refractivity contribution < 1.29 is 0 Å². The number of thiazole rings is 1. The molecule has 2 nitrogen and oxygen atoms in total. The van der Waals surface area contributed by atoms with Crippen molar-refractivity contribution in [2.24, 2.45) is 11.8 Å². The summed E-state index contributed by atoms with van der Waals surface area (Å²) < 4.78 is 0. The highest BCUT2D eigenvalue weighted by Gasteiger charge is 2.44. The van der Waals surface area contributed by atoms with Gasteiger partial charge in [0, 0.05) is 17.6 Å². The van der Waals surface area contributed by atoms with Crippen LogP contribution in [0.15, 0.2) is 11.6 Å². The van der Waals surface area contributed by atoms with Gasteiger partial charge in [-0.1, -0.05) is 13.8 Å². The van der Waals surface area contributed by atoms with Gasteiger partial charge in [-0.3, -0.25) is 0 Å². The summed E-state index contributed by atoms with van der Waals surface area (Å²) in [6, 6.07) is 0.761. The summed E-state index contributed by atoms with van der Waals surface area (Å²) in [5.74, 6) is 1.63. The summed E-state index contributed by atoms with van der Waals surface area (Å²) in [7, 11) is 0. The normalized spacial score (nSPS) is 38.2.